The zero-order valence-corrected chi connectivity index (χ0v) is 14.5. The molecule has 0 aliphatic carbocycles. The number of nitrogen functional groups attached to an aromatic ring is 1. The molecule has 1 aromatic heterocycles. The summed E-state index contributed by atoms with van der Waals surface area (Å²) in [5.74, 6) is 6.35. The Morgan fingerprint density at radius 2 is 2.08 bits per heavy atom. The van der Waals surface area contributed by atoms with Crippen LogP contribution >= 0.6 is 11.8 Å². The zero-order valence-electron chi connectivity index (χ0n) is 13.7. The van der Waals surface area contributed by atoms with Crippen LogP contribution in [0.5, 0.6) is 5.75 Å². The fourth-order valence-electron chi connectivity index (χ4n) is 1.98. The largest absolute Gasteiger partial charge is 0.496 e. The molecule has 128 valence electrons. The van der Waals surface area contributed by atoms with Gasteiger partial charge in [0.2, 0.25) is 11.1 Å². The number of hydrogen-bond donors (Lipinski definition) is 1. The van der Waals surface area contributed by atoms with Crippen molar-refractivity contribution in [2.75, 3.05) is 25.8 Å². The van der Waals surface area contributed by atoms with Crippen molar-refractivity contribution < 1.29 is 9.53 Å². The molecule has 2 N–H and O–H groups in total. The number of aromatic nitrogens is 3. The topological polar surface area (TPSA) is 103 Å². The van der Waals surface area contributed by atoms with Crippen LogP contribution in [-0.4, -0.2) is 45.6 Å². The highest BCUT2D eigenvalue weighted by Gasteiger charge is 2.15. The maximum absolute atomic E-state index is 12.3. The number of carbonyl (C=O) groups excluding carboxylic acids is 1. The lowest BCUT2D eigenvalue weighted by Crippen LogP contribution is -2.33. The van der Waals surface area contributed by atoms with Crippen LogP contribution in [0.3, 0.4) is 0 Å². The molecular weight excluding hydrogens is 330 g/mol. The molecule has 0 unspecified atom stereocenters. The average Bonchev–Trinajstić information content (AvgIpc) is 2.59. The Labute approximate surface area is 143 Å². The standard InChI is InChI=1S/C15H19N5O3S/c1-10-14(22)20(16)15(18-17-10)24-9-13(21)19(2)8-11-6-4-5-7-12(11)23-3/h4-7H,8-9,16H2,1-3H3. The maximum Gasteiger partial charge on any atom is 0.294 e. The van der Waals surface area contributed by atoms with E-state index in [4.69, 9.17) is 10.6 Å². The summed E-state index contributed by atoms with van der Waals surface area (Å²) in [5.41, 5.74) is 0.690. The first-order valence-electron chi connectivity index (χ1n) is 7.14. The third kappa shape index (κ3) is 4.05. The molecule has 9 heteroatoms. The van der Waals surface area contributed by atoms with Crippen LogP contribution in [0, 0.1) is 6.92 Å². The lowest BCUT2D eigenvalue weighted by molar-refractivity contribution is -0.127. The van der Waals surface area contributed by atoms with E-state index in [1.165, 1.54) is 6.92 Å². The number of carbonyl (C=O) groups is 1. The molecule has 2 rings (SSSR count). The molecule has 0 bridgehead atoms. The van der Waals surface area contributed by atoms with Crippen molar-refractivity contribution in [2.24, 2.45) is 0 Å². The fourth-order valence-corrected chi connectivity index (χ4v) is 2.78. The molecule has 0 aliphatic rings. The molecule has 24 heavy (non-hydrogen) atoms. The molecule has 0 saturated heterocycles. The lowest BCUT2D eigenvalue weighted by Gasteiger charge is -2.18. The van der Waals surface area contributed by atoms with E-state index in [1.54, 1.807) is 19.1 Å². The SMILES string of the molecule is COc1ccccc1CN(C)C(=O)CSc1nnc(C)c(=O)n1N. The summed E-state index contributed by atoms with van der Waals surface area (Å²) in [5, 5.41) is 7.77. The maximum atomic E-state index is 12.3. The predicted octanol–water partition coefficient (Wildman–Crippen LogP) is 0.420. The smallest absolute Gasteiger partial charge is 0.294 e. The van der Waals surface area contributed by atoms with Gasteiger partial charge in [-0.15, -0.1) is 10.2 Å². The minimum Gasteiger partial charge on any atom is -0.496 e. The van der Waals surface area contributed by atoms with Crippen LogP contribution in [0.4, 0.5) is 0 Å². The third-order valence-corrected chi connectivity index (χ3v) is 4.30. The van der Waals surface area contributed by atoms with E-state index in [9.17, 15) is 9.59 Å². The van der Waals surface area contributed by atoms with Crippen LogP contribution in [0.1, 0.15) is 11.3 Å². The molecule has 2 aromatic rings. The highest BCUT2D eigenvalue weighted by molar-refractivity contribution is 7.99. The molecule has 0 spiro atoms. The normalized spacial score (nSPS) is 10.5. The number of methoxy groups -OCH3 is 1. The summed E-state index contributed by atoms with van der Waals surface area (Å²) < 4.78 is 6.18. The van der Waals surface area contributed by atoms with Gasteiger partial charge in [0, 0.05) is 19.2 Å². The second kappa shape index (κ2) is 7.82. The number of hydrogen-bond acceptors (Lipinski definition) is 7. The van der Waals surface area contributed by atoms with Gasteiger partial charge in [0.1, 0.15) is 11.4 Å². The minimum atomic E-state index is -0.428. The van der Waals surface area contributed by atoms with Gasteiger partial charge in [-0.1, -0.05) is 30.0 Å². The van der Waals surface area contributed by atoms with Crippen molar-refractivity contribution >= 4 is 17.7 Å². The van der Waals surface area contributed by atoms with Crippen molar-refractivity contribution in [3.05, 3.63) is 45.9 Å². The quantitative estimate of drug-likeness (QED) is 0.595. The van der Waals surface area contributed by atoms with Crippen LogP contribution in [0.25, 0.3) is 0 Å². The van der Waals surface area contributed by atoms with Crippen molar-refractivity contribution in [2.45, 2.75) is 18.6 Å². The van der Waals surface area contributed by atoms with Crippen molar-refractivity contribution in [1.82, 2.24) is 19.8 Å². The molecule has 0 aliphatic heterocycles. The number of aryl methyl sites for hydroxylation is 1. The molecule has 1 amide bonds. The Hall–Kier alpha value is -2.55. The van der Waals surface area contributed by atoms with Gasteiger partial charge in [-0.05, 0) is 13.0 Å². The monoisotopic (exact) mass is 349 g/mol. The number of nitrogens with two attached hydrogens (primary N) is 1. The van der Waals surface area contributed by atoms with E-state index in [0.717, 1.165) is 27.8 Å². The van der Waals surface area contributed by atoms with Crippen molar-refractivity contribution in [3.63, 3.8) is 0 Å². The summed E-state index contributed by atoms with van der Waals surface area (Å²) in [7, 11) is 3.29. The van der Waals surface area contributed by atoms with E-state index in [0.29, 0.717) is 6.54 Å². The summed E-state index contributed by atoms with van der Waals surface area (Å²) in [6, 6.07) is 7.51. The van der Waals surface area contributed by atoms with Gasteiger partial charge >= 0.3 is 0 Å². The molecule has 1 heterocycles. The van der Waals surface area contributed by atoms with Crippen LogP contribution in [0.2, 0.25) is 0 Å². The lowest BCUT2D eigenvalue weighted by atomic mass is 10.2. The molecule has 0 atom stereocenters. The zero-order chi connectivity index (χ0) is 17.7. The van der Waals surface area contributed by atoms with Gasteiger partial charge in [0.25, 0.3) is 5.56 Å². The Bertz CT molecular complexity index is 793. The molecular formula is C15H19N5O3S. The first-order valence-corrected chi connectivity index (χ1v) is 8.12. The summed E-state index contributed by atoms with van der Waals surface area (Å²) in [6.45, 7) is 1.94. The van der Waals surface area contributed by atoms with Crippen molar-refractivity contribution in [1.29, 1.82) is 0 Å². The van der Waals surface area contributed by atoms with E-state index < -0.39 is 5.56 Å². The summed E-state index contributed by atoms with van der Waals surface area (Å²) in [4.78, 5) is 25.5. The Balaban J connectivity index is 2.00. The van der Waals surface area contributed by atoms with E-state index in [2.05, 4.69) is 10.2 Å². The second-order valence-corrected chi connectivity index (χ2v) is 6.04. The summed E-state index contributed by atoms with van der Waals surface area (Å²) >= 11 is 1.07. The van der Waals surface area contributed by atoms with Gasteiger partial charge in [0.05, 0.1) is 12.9 Å². The highest BCUT2D eigenvalue weighted by atomic mass is 32.2. The Morgan fingerprint density at radius 1 is 1.38 bits per heavy atom. The molecule has 0 radical (unpaired) electrons. The predicted molar refractivity (Wildman–Crippen MR) is 91.4 cm³/mol. The van der Waals surface area contributed by atoms with Crippen LogP contribution < -0.4 is 16.1 Å². The second-order valence-electron chi connectivity index (χ2n) is 5.09. The Kier molecular flexibility index (Phi) is 5.80. The molecule has 8 nitrogen and oxygen atoms in total. The van der Waals surface area contributed by atoms with Gasteiger partial charge in [-0.3, -0.25) is 9.59 Å². The highest BCUT2D eigenvalue weighted by Crippen LogP contribution is 2.19. The third-order valence-electron chi connectivity index (χ3n) is 3.37. The number of ether oxygens (including phenoxy) is 1. The Morgan fingerprint density at radius 3 is 2.79 bits per heavy atom. The van der Waals surface area contributed by atoms with E-state index in [1.807, 2.05) is 24.3 Å². The molecule has 0 fully saturated rings. The van der Waals surface area contributed by atoms with Gasteiger partial charge < -0.3 is 15.5 Å². The fraction of sp³-hybridized carbons (Fsp3) is 0.333. The first-order chi connectivity index (χ1) is 11.4. The number of para-hydroxylation sites is 1. The van der Waals surface area contributed by atoms with Gasteiger partial charge in [-0.2, -0.15) is 4.68 Å². The molecule has 1 aromatic carbocycles. The minimum absolute atomic E-state index is 0.0973. The van der Waals surface area contributed by atoms with E-state index >= 15 is 0 Å². The number of rotatable bonds is 6. The summed E-state index contributed by atoms with van der Waals surface area (Å²) in [6.07, 6.45) is 0. The number of nitrogens with zero attached hydrogens (tertiary/aromatic N) is 4. The van der Waals surface area contributed by atoms with Crippen molar-refractivity contribution in [3.8, 4) is 5.75 Å². The van der Waals surface area contributed by atoms with Crippen LogP contribution in [0.15, 0.2) is 34.2 Å². The van der Waals surface area contributed by atoms with E-state index in [-0.39, 0.29) is 22.5 Å². The van der Waals surface area contributed by atoms with Crippen LogP contribution in [-0.2, 0) is 11.3 Å². The average molecular weight is 349 g/mol. The molecule has 0 saturated carbocycles. The van der Waals surface area contributed by atoms with Gasteiger partial charge in [-0.25, -0.2) is 0 Å². The van der Waals surface area contributed by atoms with Gasteiger partial charge in [0.15, 0.2) is 0 Å². The number of thioether (sulfide) groups is 1. The first kappa shape index (κ1) is 17.8. The number of benzene rings is 1. The number of amides is 1.